The summed E-state index contributed by atoms with van der Waals surface area (Å²) in [6, 6.07) is 11.3. The van der Waals surface area contributed by atoms with E-state index < -0.39 is 16.8 Å². The van der Waals surface area contributed by atoms with Crippen LogP contribution in [-0.4, -0.2) is 53.7 Å². The van der Waals surface area contributed by atoms with E-state index in [2.05, 4.69) is 10.9 Å². The van der Waals surface area contributed by atoms with E-state index in [4.69, 9.17) is 22.0 Å². The molecule has 1 aliphatic heterocycles. The first kappa shape index (κ1) is 27.8. The zero-order valence-corrected chi connectivity index (χ0v) is 22.5. The highest BCUT2D eigenvalue weighted by Crippen LogP contribution is 2.42. The van der Waals surface area contributed by atoms with Gasteiger partial charge in [0.05, 0.1) is 12.1 Å². The number of nitrogens with two attached hydrogens (primary N) is 1. The molecule has 37 heavy (non-hydrogen) atoms. The van der Waals surface area contributed by atoms with Crippen molar-refractivity contribution in [3.8, 4) is 6.07 Å². The van der Waals surface area contributed by atoms with Crippen molar-refractivity contribution >= 4 is 35.3 Å². The summed E-state index contributed by atoms with van der Waals surface area (Å²) < 4.78 is 5.53. The molecule has 0 spiro atoms. The summed E-state index contributed by atoms with van der Waals surface area (Å²) in [5.74, 6) is -0.0887. The summed E-state index contributed by atoms with van der Waals surface area (Å²) in [7, 11) is 0. The van der Waals surface area contributed by atoms with Crippen LogP contribution in [0.1, 0.15) is 56.1 Å². The maximum Gasteiger partial charge on any atom is 0.410 e. The van der Waals surface area contributed by atoms with Crippen molar-refractivity contribution in [1.29, 1.82) is 5.26 Å². The summed E-state index contributed by atoms with van der Waals surface area (Å²) in [6.45, 7) is 17.2. The molecule has 10 heteroatoms. The molecule has 1 fully saturated rings. The van der Waals surface area contributed by atoms with E-state index in [1.807, 2.05) is 62.9 Å². The molecule has 2 amide bonds. The average Bonchev–Trinajstić information content (AvgIpc) is 3.12. The average molecular weight is 521 g/mol. The monoisotopic (exact) mass is 520 g/mol. The molecule has 2 N–H and O–H groups in total. The van der Waals surface area contributed by atoms with Crippen LogP contribution < -0.4 is 10.6 Å². The number of pyridine rings is 1. The highest BCUT2D eigenvalue weighted by Gasteiger charge is 2.29. The fourth-order valence-corrected chi connectivity index (χ4v) is 5.20. The largest absolute Gasteiger partial charge is 0.444 e. The van der Waals surface area contributed by atoms with Gasteiger partial charge in [0.2, 0.25) is 11.6 Å². The van der Waals surface area contributed by atoms with Crippen LogP contribution >= 0.6 is 11.8 Å². The van der Waals surface area contributed by atoms with E-state index in [9.17, 15) is 14.9 Å². The number of ether oxygens (including phenoxy) is 1. The summed E-state index contributed by atoms with van der Waals surface area (Å²) in [4.78, 5) is 37.2. The molecule has 3 rings (SSSR count). The summed E-state index contributed by atoms with van der Waals surface area (Å²) in [6.07, 6.45) is 0.745. The number of primary amides is 1. The van der Waals surface area contributed by atoms with Crippen LogP contribution in [0.25, 0.3) is 4.85 Å². The lowest BCUT2D eigenvalue weighted by Crippen LogP contribution is -2.39. The number of nitrogens with zero attached hydrogens (tertiary/aromatic N) is 5. The Kier molecular flexibility index (Phi) is 9.01. The maximum atomic E-state index is 12.6. The molecule has 1 unspecified atom stereocenters. The number of rotatable bonds is 6. The van der Waals surface area contributed by atoms with Crippen LogP contribution in [0.5, 0.6) is 0 Å². The lowest BCUT2D eigenvalue weighted by molar-refractivity contribution is -0.117. The number of carbonyl (C=O) groups excluding carboxylic acids is 2. The van der Waals surface area contributed by atoms with E-state index in [0.717, 1.165) is 11.8 Å². The van der Waals surface area contributed by atoms with Crippen LogP contribution in [-0.2, 0) is 16.0 Å². The van der Waals surface area contributed by atoms with Crippen LogP contribution in [0.15, 0.2) is 35.4 Å². The molecule has 194 valence electrons. The molecule has 1 atom stereocenters. The number of hydrogen-bond acceptors (Lipinski definition) is 7. The smallest absolute Gasteiger partial charge is 0.410 e. The SMILES string of the molecule is [C-]#[N+]c1c(N2CCCN(C(=O)OC(C)(C)C)CC2)nc(SC(C(N)=O)c2ccccc2)c(C#N)c1CC. The van der Waals surface area contributed by atoms with Crippen molar-refractivity contribution in [1.82, 2.24) is 9.88 Å². The highest BCUT2D eigenvalue weighted by atomic mass is 32.2. The van der Waals surface area contributed by atoms with Crippen molar-refractivity contribution < 1.29 is 14.3 Å². The molecule has 1 aliphatic rings. The predicted molar refractivity (Wildman–Crippen MR) is 143 cm³/mol. The van der Waals surface area contributed by atoms with Crippen LogP contribution in [0.4, 0.5) is 16.3 Å². The Morgan fingerprint density at radius 1 is 1.24 bits per heavy atom. The van der Waals surface area contributed by atoms with Gasteiger partial charge in [-0.2, -0.15) is 5.26 Å². The zero-order chi connectivity index (χ0) is 27.2. The summed E-state index contributed by atoms with van der Waals surface area (Å²) in [5, 5.41) is 9.63. The molecule has 0 bridgehead atoms. The normalized spacial score (nSPS) is 14.8. The first-order chi connectivity index (χ1) is 17.6. The fourth-order valence-electron chi connectivity index (χ4n) is 4.14. The number of aromatic nitrogens is 1. The number of nitriles is 1. The van der Waals surface area contributed by atoms with Crippen molar-refractivity contribution in [2.45, 2.75) is 56.4 Å². The number of hydrogen-bond donors (Lipinski definition) is 1. The van der Waals surface area contributed by atoms with Gasteiger partial charge >= 0.3 is 6.09 Å². The van der Waals surface area contributed by atoms with Gasteiger partial charge in [-0.1, -0.05) is 49.0 Å². The lowest BCUT2D eigenvalue weighted by atomic mass is 10.1. The molecular formula is C27H32N6O3S. The van der Waals surface area contributed by atoms with Gasteiger partial charge in [-0.05, 0) is 44.7 Å². The minimum Gasteiger partial charge on any atom is -0.444 e. The first-order valence-electron chi connectivity index (χ1n) is 12.2. The Bertz CT molecular complexity index is 1230. The van der Waals surface area contributed by atoms with Crippen molar-refractivity contribution in [2.75, 3.05) is 31.1 Å². The number of thioether (sulfide) groups is 1. The molecule has 0 radical (unpaired) electrons. The quantitative estimate of drug-likeness (QED) is 0.428. The highest BCUT2D eigenvalue weighted by molar-refractivity contribution is 8.00. The molecule has 0 aliphatic carbocycles. The van der Waals surface area contributed by atoms with E-state index in [-0.39, 0.29) is 11.7 Å². The Morgan fingerprint density at radius 3 is 2.51 bits per heavy atom. The molecule has 1 saturated heterocycles. The van der Waals surface area contributed by atoms with E-state index in [1.165, 1.54) is 0 Å². The van der Waals surface area contributed by atoms with Gasteiger partial charge in [0, 0.05) is 26.2 Å². The van der Waals surface area contributed by atoms with Gasteiger partial charge in [-0.15, -0.1) is 0 Å². The van der Waals surface area contributed by atoms with E-state index in [1.54, 1.807) is 4.90 Å². The van der Waals surface area contributed by atoms with Gasteiger partial charge in [0.25, 0.3) is 0 Å². The fraction of sp³-hybridized carbons (Fsp3) is 0.444. The summed E-state index contributed by atoms with van der Waals surface area (Å²) >= 11 is 1.12. The Balaban J connectivity index is 2.00. The minimum atomic E-state index is -0.746. The third kappa shape index (κ3) is 6.72. The number of anilines is 1. The molecule has 2 aromatic rings. The Hall–Kier alpha value is -3.76. The number of carbonyl (C=O) groups is 2. The van der Waals surface area contributed by atoms with Crippen LogP contribution in [0, 0.1) is 17.9 Å². The number of amides is 2. The van der Waals surface area contributed by atoms with E-state index in [0.29, 0.717) is 66.7 Å². The Labute approximate surface area is 222 Å². The van der Waals surface area contributed by atoms with Crippen molar-refractivity contribution in [3.63, 3.8) is 0 Å². The van der Waals surface area contributed by atoms with Gasteiger partial charge in [0.15, 0.2) is 0 Å². The molecule has 1 aromatic carbocycles. The number of benzene rings is 1. The molecular weight excluding hydrogens is 488 g/mol. The molecule has 2 heterocycles. The van der Waals surface area contributed by atoms with Gasteiger partial charge < -0.3 is 20.3 Å². The molecule has 0 saturated carbocycles. The second kappa shape index (κ2) is 12.0. The van der Waals surface area contributed by atoms with Crippen molar-refractivity contribution in [3.05, 3.63) is 58.4 Å². The van der Waals surface area contributed by atoms with E-state index >= 15 is 0 Å². The second-order valence-electron chi connectivity index (χ2n) is 9.64. The van der Waals surface area contributed by atoms with Crippen molar-refractivity contribution in [2.24, 2.45) is 5.73 Å². The summed E-state index contributed by atoms with van der Waals surface area (Å²) in [5.41, 5.74) is 7.07. The Morgan fingerprint density at radius 2 is 1.95 bits per heavy atom. The third-order valence-corrected chi connectivity index (χ3v) is 7.09. The maximum absolute atomic E-state index is 12.6. The zero-order valence-electron chi connectivity index (χ0n) is 21.7. The van der Waals surface area contributed by atoms with Crippen LogP contribution in [0.3, 0.4) is 0 Å². The van der Waals surface area contributed by atoms with Gasteiger partial charge in [0.1, 0.15) is 27.8 Å². The molecule has 9 nitrogen and oxygen atoms in total. The van der Waals surface area contributed by atoms with Gasteiger partial charge in [-0.3, -0.25) is 4.79 Å². The topological polar surface area (TPSA) is 117 Å². The predicted octanol–water partition coefficient (Wildman–Crippen LogP) is 4.83. The molecule has 1 aromatic heterocycles. The first-order valence-corrected chi connectivity index (χ1v) is 13.1. The standard InChI is InChI=1S/C27H32N6O3S/c1-6-19-20(17-28)25(37-22(23(29)34)18-11-8-7-9-12-18)31-24(21(19)30-5)32-13-10-14-33(16-15-32)26(35)36-27(2,3)4/h7-9,11-12,22H,6,10,13-16H2,1-4H3,(H2,29,34). The third-order valence-electron chi connectivity index (χ3n) is 5.84. The second-order valence-corrected chi connectivity index (χ2v) is 10.7. The van der Waals surface area contributed by atoms with Gasteiger partial charge in [-0.25, -0.2) is 14.6 Å². The van der Waals surface area contributed by atoms with Crippen LogP contribution in [0.2, 0.25) is 0 Å². The lowest BCUT2D eigenvalue weighted by Gasteiger charge is -2.27. The minimum absolute atomic E-state index is 0.287.